The number of halogens is 1. The maximum absolute atomic E-state index is 12.8. The molecule has 8 heteroatoms. The number of esters is 1. The molecule has 0 saturated heterocycles. The average Bonchev–Trinajstić information content (AvgIpc) is 2.88. The summed E-state index contributed by atoms with van der Waals surface area (Å²) < 4.78 is 6.36. The summed E-state index contributed by atoms with van der Waals surface area (Å²) in [5.41, 5.74) is 1.61. The molecule has 1 spiro atoms. The van der Waals surface area contributed by atoms with E-state index in [4.69, 9.17) is 4.74 Å². The van der Waals surface area contributed by atoms with Gasteiger partial charge in [0, 0.05) is 36.1 Å². The highest BCUT2D eigenvalue weighted by molar-refractivity contribution is 9.12. The van der Waals surface area contributed by atoms with Crippen LogP contribution in [-0.2, 0) is 9.59 Å². The summed E-state index contributed by atoms with van der Waals surface area (Å²) in [4.78, 5) is 33.9. The predicted octanol–water partition coefficient (Wildman–Crippen LogP) is 6.24. The number of ketones is 1. The van der Waals surface area contributed by atoms with Crippen LogP contribution in [0.4, 0.5) is 17.2 Å². The average molecular weight is 521 g/mol. The van der Waals surface area contributed by atoms with Crippen LogP contribution in [0.25, 0.3) is 10.8 Å². The normalized spacial score (nSPS) is 16.9. The minimum absolute atomic E-state index is 0.156. The first-order chi connectivity index (χ1) is 16.5. The maximum atomic E-state index is 12.8. The molecule has 0 amide bonds. The second-order valence-corrected chi connectivity index (χ2v) is 9.47. The number of pyridine rings is 2. The Labute approximate surface area is 206 Å². The van der Waals surface area contributed by atoms with Crippen molar-refractivity contribution in [3.63, 3.8) is 0 Å². The van der Waals surface area contributed by atoms with Crippen molar-refractivity contribution in [2.45, 2.75) is 45.4 Å². The molecule has 2 heterocycles. The zero-order valence-electron chi connectivity index (χ0n) is 18.9. The molecule has 0 aliphatic heterocycles. The third-order valence-electron chi connectivity index (χ3n) is 6.64. The highest BCUT2D eigenvalue weighted by Crippen LogP contribution is 2.55. The number of Topliss-reactive ketones (excluding diaryl/α,β-unsaturated/α-hetero) is 1. The van der Waals surface area contributed by atoms with Gasteiger partial charge in [-0.1, -0.05) is 32.3 Å². The van der Waals surface area contributed by atoms with Crippen LogP contribution in [0.1, 0.15) is 45.4 Å². The van der Waals surface area contributed by atoms with E-state index < -0.39 is 5.41 Å². The molecule has 34 heavy (non-hydrogen) atoms. The number of carbonyl (C=O) groups is 2. The van der Waals surface area contributed by atoms with Gasteiger partial charge in [0.2, 0.25) is 0 Å². The molecular weight excluding hydrogens is 496 g/mol. The number of benzene rings is 1. The highest BCUT2D eigenvalue weighted by Gasteiger charge is 2.53. The molecule has 0 unspecified atom stereocenters. The summed E-state index contributed by atoms with van der Waals surface area (Å²) in [7, 11) is 0. The quantitative estimate of drug-likeness (QED) is 0.293. The molecule has 2 aliphatic carbocycles. The Morgan fingerprint density at radius 2 is 1.82 bits per heavy atom. The van der Waals surface area contributed by atoms with Crippen LogP contribution < -0.4 is 15.4 Å². The standard InChI is InChI=1S/C26H25BrN4O3/c1-2-20(32)34-22-18(30-23-21(27)24(33)26(23)11-4-3-5-12-26)7-6-8-19(22)31-25-17-15-28-13-9-16(17)10-14-29-25/h6-10,13-15,30H,2-5,11-12H2,1H3,(H,29,31). The monoisotopic (exact) mass is 520 g/mol. The Hall–Kier alpha value is -3.26. The van der Waals surface area contributed by atoms with E-state index in [9.17, 15) is 9.59 Å². The van der Waals surface area contributed by atoms with E-state index in [-0.39, 0.29) is 18.2 Å². The third-order valence-corrected chi connectivity index (χ3v) is 7.40. The van der Waals surface area contributed by atoms with Gasteiger partial charge in [-0.3, -0.25) is 14.6 Å². The molecule has 0 radical (unpaired) electrons. The number of nitrogens with one attached hydrogen (secondary N) is 2. The van der Waals surface area contributed by atoms with Crippen molar-refractivity contribution >= 4 is 55.6 Å². The van der Waals surface area contributed by atoms with E-state index in [1.54, 1.807) is 25.5 Å². The Kier molecular flexibility index (Phi) is 6.08. The van der Waals surface area contributed by atoms with Crippen LogP contribution in [0.15, 0.2) is 59.1 Å². The first-order valence-electron chi connectivity index (χ1n) is 11.5. The van der Waals surface area contributed by atoms with Crippen molar-refractivity contribution < 1.29 is 14.3 Å². The number of para-hydroxylation sites is 1. The molecular formula is C26H25BrN4O3. The van der Waals surface area contributed by atoms with Crippen molar-refractivity contribution in [1.82, 2.24) is 9.97 Å². The number of aromatic nitrogens is 2. The van der Waals surface area contributed by atoms with Gasteiger partial charge in [0.15, 0.2) is 11.5 Å². The fourth-order valence-corrected chi connectivity index (χ4v) is 5.65. The van der Waals surface area contributed by atoms with E-state index in [1.807, 2.05) is 30.3 Å². The Morgan fingerprint density at radius 1 is 1.09 bits per heavy atom. The maximum Gasteiger partial charge on any atom is 0.311 e. The molecule has 174 valence electrons. The highest BCUT2D eigenvalue weighted by atomic mass is 79.9. The van der Waals surface area contributed by atoms with Crippen LogP contribution in [-0.4, -0.2) is 21.7 Å². The molecule has 2 aromatic heterocycles. The second-order valence-electron chi connectivity index (χ2n) is 8.68. The Morgan fingerprint density at radius 3 is 2.59 bits per heavy atom. The number of rotatable bonds is 6. The topological polar surface area (TPSA) is 93.2 Å². The van der Waals surface area contributed by atoms with Crippen molar-refractivity contribution in [2.75, 3.05) is 10.6 Å². The Bertz CT molecular complexity index is 1310. The van der Waals surface area contributed by atoms with Crippen LogP contribution in [0.3, 0.4) is 0 Å². The Balaban J connectivity index is 1.54. The van der Waals surface area contributed by atoms with E-state index >= 15 is 0 Å². The van der Waals surface area contributed by atoms with E-state index in [0.717, 1.165) is 48.6 Å². The zero-order valence-corrected chi connectivity index (χ0v) is 20.4. The first-order valence-corrected chi connectivity index (χ1v) is 12.3. The number of carbonyl (C=O) groups excluding carboxylic acids is 2. The molecule has 0 atom stereocenters. The number of hydrogen-bond donors (Lipinski definition) is 2. The second kappa shape index (κ2) is 9.18. The van der Waals surface area contributed by atoms with Crippen molar-refractivity contribution in [2.24, 2.45) is 5.41 Å². The minimum Gasteiger partial charge on any atom is -0.422 e. The molecule has 3 aromatic rings. The molecule has 1 fully saturated rings. The lowest BCUT2D eigenvalue weighted by Crippen LogP contribution is -2.47. The summed E-state index contributed by atoms with van der Waals surface area (Å²) in [5, 5.41) is 8.61. The van der Waals surface area contributed by atoms with Crippen molar-refractivity contribution in [3.05, 3.63) is 59.1 Å². The number of anilines is 3. The summed E-state index contributed by atoms with van der Waals surface area (Å²) in [5.74, 6) is 0.785. The van der Waals surface area contributed by atoms with Gasteiger partial charge in [0.05, 0.1) is 21.3 Å². The van der Waals surface area contributed by atoms with Gasteiger partial charge < -0.3 is 15.4 Å². The van der Waals surface area contributed by atoms with Crippen LogP contribution >= 0.6 is 15.9 Å². The number of fused-ring (bicyclic) bond motifs is 1. The van der Waals surface area contributed by atoms with Crippen molar-refractivity contribution in [3.8, 4) is 5.75 Å². The molecule has 7 nitrogen and oxygen atoms in total. The summed E-state index contributed by atoms with van der Waals surface area (Å²) in [6.45, 7) is 1.75. The summed E-state index contributed by atoms with van der Waals surface area (Å²) >= 11 is 3.48. The van der Waals surface area contributed by atoms with Crippen molar-refractivity contribution in [1.29, 1.82) is 0 Å². The minimum atomic E-state index is -0.477. The van der Waals surface area contributed by atoms with Gasteiger partial charge in [-0.05, 0) is 58.4 Å². The smallest absolute Gasteiger partial charge is 0.311 e. The number of nitrogens with zero attached hydrogens (tertiary/aromatic N) is 2. The summed E-state index contributed by atoms with van der Waals surface area (Å²) in [6, 6.07) is 9.40. The van der Waals surface area contributed by atoms with Gasteiger partial charge in [0.25, 0.3) is 0 Å². The number of allylic oxidation sites excluding steroid dienone is 2. The van der Waals surface area contributed by atoms with Gasteiger partial charge >= 0.3 is 5.97 Å². The largest absolute Gasteiger partial charge is 0.422 e. The fraction of sp³-hybridized carbons (Fsp3) is 0.308. The molecule has 5 rings (SSSR count). The van der Waals surface area contributed by atoms with Gasteiger partial charge in [0.1, 0.15) is 5.82 Å². The van der Waals surface area contributed by atoms with Crippen LogP contribution in [0, 0.1) is 5.41 Å². The molecule has 1 saturated carbocycles. The predicted molar refractivity (Wildman–Crippen MR) is 135 cm³/mol. The zero-order chi connectivity index (χ0) is 23.7. The van der Waals surface area contributed by atoms with Gasteiger partial charge in [-0.2, -0.15) is 0 Å². The SMILES string of the molecule is CCC(=O)Oc1c(NC2=C(Br)C(=O)C23CCCCC3)cccc1Nc1nccc2ccncc12. The first kappa shape index (κ1) is 22.5. The molecule has 2 aliphatic rings. The third kappa shape index (κ3) is 3.86. The van der Waals surface area contributed by atoms with Gasteiger partial charge in [-0.25, -0.2) is 4.98 Å². The number of hydrogen-bond acceptors (Lipinski definition) is 7. The van der Waals surface area contributed by atoms with Gasteiger partial charge in [-0.15, -0.1) is 0 Å². The fourth-order valence-electron chi connectivity index (χ4n) is 4.79. The molecule has 0 bridgehead atoms. The van der Waals surface area contributed by atoms with E-state index in [0.29, 0.717) is 27.4 Å². The molecule has 1 aromatic carbocycles. The number of ether oxygens (including phenoxy) is 1. The molecule has 2 N–H and O–H groups in total. The lowest BCUT2D eigenvalue weighted by Gasteiger charge is -2.45. The van der Waals surface area contributed by atoms with E-state index in [1.165, 1.54) is 0 Å². The van der Waals surface area contributed by atoms with E-state index in [2.05, 4.69) is 36.5 Å². The summed E-state index contributed by atoms with van der Waals surface area (Å²) in [6.07, 6.45) is 10.3. The lowest BCUT2D eigenvalue weighted by molar-refractivity contribution is -0.134. The van der Waals surface area contributed by atoms with Crippen LogP contribution in [0.5, 0.6) is 5.75 Å². The lowest BCUT2D eigenvalue weighted by atomic mass is 9.62. The van der Waals surface area contributed by atoms with Crippen LogP contribution in [0.2, 0.25) is 0 Å².